The first-order valence-corrected chi connectivity index (χ1v) is 6.92. The molecule has 4 nitrogen and oxygen atoms in total. The van der Waals surface area contributed by atoms with Crippen LogP contribution in [0, 0.1) is 0 Å². The van der Waals surface area contributed by atoms with Crippen LogP contribution in [0.25, 0.3) is 0 Å². The van der Waals surface area contributed by atoms with Gasteiger partial charge in [0.15, 0.2) is 0 Å². The second kappa shape index (κ2) is 5.11. The molecule has 1 amide bonds. The summed E-state index contributed by atoms with van der Waals surface area (Å²) in [6.45, 7) is 6.49. The highest BCUT2D eigenvalue weighted by molar-refractivity contribution is 5.95. The number of anilines is 3. The van der Waals surface area contributed by atoms with Crippen LogP contribution in [0.4, 0.5) is 17.1 Å². The SMILES string of the molecule is CCCC(C)(C)Nc1cc2c(cc1N)CCC(=O)N2. The topological polar surface area (TPSA) is 67.1 Å². The van der Waals surface area contributed by atoms with Crippen molar-refractivity contribution in [2.45, 2.75) is 52.0 Å². The molecule has 0 spiro atoms. The fourth-order valence-electron chi connectivity index (χ4n) is 2.61. The Balaban J connectivity index is 2.27. The molecule has 0 bridgehead atoms. The van der Waals surface area contributed by atoms with Gasteiger partial charge in [-0.1, -0.05) is 13.3 Å². The summed E-state index contributed by atoms with van der Waals surface area (Å²) in [5, 5.41) is 6.39. The van der Waals surface area contributed by atoms with Crippen molar-refractivity contribution in [3.8, 4) is 0 Å². The minimum atomic E-state index is -0.00418. The predicted molar refractivity (Wildman–Crippen MR) is 80.4 cm³/mol. The molecule has 1 heterocycles. The van der Waals surface area contributed by atoms with E-state index in [2.05, 4.69) is 31.4 Å². The van der Waals surface area contributed by atoms with Gasteiger partial charge in [0.05, 0.1) is 11.4 Å². The molecule has 4 N–H and O–H groups in total. The summed E-state index contributed by atoms with van der Waals surface area (Å²) in [6.07, 6.45) is 3.49. The Hall–Kier alpha value is -1.71. The summed E-state index contributed by atoms with van der Waals surface area (Å²) in [5.74, 6) is 0.0797. The Bertz CT molecular complexity index is 494. The Labute approximate surface area is 114 Å². The Morgan fingerprint density at radius 2 is 2.11 bits per heavy atom. The fraction of sp³-hybridized carbons (Fsp3) is 0.533. The van der Waals surface area contributed by atoms with Crippen LogP contribution in [0.5, 0.6) is 0 Å². The van der Waals surface area contributed by atoms with E-state index in [1.54, 1.807) is 0 Å². The molecule has 19 heavy (non-hydrogen) atoms. The highest BCUT2D eigenvalue weighted by atomic mass is 16.1. The van der Waals surface area contributed by atoms with E-state index in [1.807, 2.05) is 12.1 Å². The number of nitrogens with one attached hydrogen (secondary N) is 2. The van der Waals surface area contributed by atoms with Crippen LogP contribution < -0.4 is 16.4 Å². The summed E-state index contributed by atoms with van der Waals surface area (Å²) in [6, 6.07) is 3.93. The first-order valence-electron chi connectivity index (χ1n) is 6.92. The van der Waals surface area contributed by atoms with Gasteiger partial charge in [-0.2, -0.15) is 0 Å². The number of amides is 1. The average molecular weight is 261 g/mol. The number of rotatable bonds is 4. The van der Waals surface area contributed by atoms with E-state index >= 15 is 0 Å². The van der Waals surface area contributed by atoms with Crippen LogP contribution in [-0.4, -0.2) is 11.4 Å². The van der Waals surface area contributed by atoms with Gasteiger partial charge in [0.2, 0.25) is 5.91 Å². The van der Waals surface area contributed by atoms with Gasteiger partial charge < -0.3 is 16.4 Å². The van der Waals surface area contributed by atoms with E-state index in [9.17, 15) is 4.79 Å². The molecule has 0 radical (unpaired) electrons. The molecule has 0 fully saturated rings. The zero-order chi connectivity index (χ0) is 14.0. The highest BCUT2D eigenvalue weighted by Gasteiger charge is 2.20. The molecule has 4 heteroatoms. The number of nitrogen functional groups attached to an aromatic ring is 1. The molecule has 104 valence electrons. The van der Waals surface area contributed by atoms with Gasteiger partial charge in [-0.15, -0.1) is 0 Å². The zero-order valence-electron chi connectivity index (χ0n) is 12.0. The van der Waals surface area contributed by atoms with E-state index in [0.29, 0.717) is 6.42 Å². The van der Waals surface area contributed by atoms with E-state index in [0.717, 1.165) is 41.9 Å². The van der Waals surface area contributed by atoms with Gasteiger partial charge in [-0.3, -0.25) is 4.79 Å². The molecule has 0 aliphatic carbocycles. The smallest absolute Gasteiger partial charge is 0.224 e. The van der Waals surface area contributed by atoms with Crippen molar-refractivity contribution in [2.75, 3.05) is 16.4 Å². The zero-order valence-corrected chi connectivity index (χ0v) is 12.0. The third kappa shape index (κ3) is 3.19. The standard InChI is InChI=1S/C15H23N3O/c1-4-7-15(2,3)18-13-9-12-10(8-11(13)16)5-6-14(19)17-12/h8-9,18H,4-7,16H2,1-3H3,(H,17,19). The molecule has 1 aliphatic heterocycles. The van der Waals surface area contributed by atoms with Crippen molar-refractivity contribution < 1.29 is 4.79 Å². The molecule has 1 aliphatic rings. The van der Waals surface area contributed by atoms with Crippen molar-refractivity contribution in [3.05, 3.63) is 17.7 Å². The third-order valence-corrected chi connectivity index (χ3v) is 3.52. The molecule has 0 aromatic heterocycles. The van der Waals surface area contributed by atoms with Gasteiger partial charge in [0.1, 0.15) is 0 Å². The summed E-state index contributed by atoms with van der Waals surface area (Å²) in [7, 11) is 0. The molecule has 0 saturated heterocycles. The number of hydrogen-bond acceptors (Lipinski definition) is 3. The summed E-state index contributed by atoms with van der Waals surface area (Å²) in [4.78, 5) is 11.4. The lowest BCUT2D eigenvalue weighted by molar-refractivity contribution is -0.116. The van der Waals surface area contributed by atoms with Crippen molar-refractivity contribution in [1.29, 1.82) is 0 Å². The molecular formula is C15H23N3O. The third-order valence-electron chi connectivity index (χ3n) is 3.52. The second-order valence-electron chi connectivity index (χ2n) is 5.90. The number of aryl methyl sites for hydroxylation is 1. The quantitative estimate of drug-likeness (QED) is 0.729. The van der Waals surface area contributed by atoms with Crippen LogP contribution >= 0.6 is 0 Å². The monoisotopic (exact) mass is 261 g/mol. The Kier molecular flexibility index (Phi) is 3.69. The predicted octanol–water partition coefficient (Wildman–Crippen LogP) is 3.14. The molecule has 0 saturated carbocycles. The molecule has 0 unspecified atom stereocenters. The van der Waals surface area contributed by atoms with Crippen LogP contribution in [0.15, 0.2) is 12.1 Å². The fourth-order valence-corrected chi connectivity index (χ4v) is 2.61. The first-order chi connectivity index (χ1) is 8.91. The summed E-state index contributed by atoms with van der Waals surface area (Å²) >= 11 is 0. The van der Waals surface area contributed by atoms with Crippen LogP contribution in [0.3, 0.4) is 0 Å². The van der Waals surface area contributed by atoms with Crippen LogP contribution in [0.2, 0.25) is 0 Å². The molecular weight excluding hydrogens is 238 g/mol. The largest absolute Gasteiger partial charge is 0.397 e. The number of benzene rings is 1. The number of carbonyl (C=O) groups excluding carboxylic acids is 1. The van der Waals surface area contributed by atoms with Gasteiger partial charge >= 0.3 is 0 Å². The molecule has 2 rings (SSSR count). The van der Waals surface area contributed by atoms with Crippen LogP contribution in [-0.2, 0) is 11.2 Å². The van der Waals surface area contributed by atoms with Crippen molar-refractivity contribution in [3.63, 3.8) is 0 Å². The molecule has 1 aromatic rings. The first kappa shape index (κ1) is 13.7. The maximum absolute atomic E-state index is 11.4. The van der Waals surface area contributed by atoms with Gasteiger partial charge in [0, 0.05) is 17.6 Å². The number of hydrogen-bond donors (Lipinski definition) is 3. The van der Waals surface area contributed by atoms with Crippen LogP contribution in [0.1, 0.15) is 45.6 Å². The van der Waals surface area contributed by atoms with E-state index in [4.69, 9.17) is 5.73 Å². The average Bonchev–Trinajstić information content (AvgIpc) is 2.30. The molecule has 1 aromatic carbocycles. The number of fused-ring (bicyclic) bond motifs is 1. The second-order valence-corrected chi connectivity index (χ2v) is 5.90. The van der Waals surface area contributed by atoms with E-state index < -0.39 is 0 Å². The van der Waals surface area contributed by atoms with Crippen molar-refractivity contribution >= 4 is 23.0 Å². The minimum Gasteiger partial charge on any atom is -0.397 e. The summed E-state index contributed by atoms with van der Waals surface area (Å²) < 4.78 is 0. The van der Waals surface area contributed by atoms with Crippen molar-refractivity contribution in [1.82, 2.24) is 0 Å². The number of nitrogens with two attached hydrogens (primary N) is 1. The van der Waals surface area contributed by atoms with Crippen molar-refractivity contribution in [2.24, 2.45) is 0 Å². The maximum Gasteiger partial charge on any atom is 0.224 e. The Morgan fingerprint density at radius 1 is 1.37 bits per heavy atom. The summed E-state index contributed by atoms with van der Waals surface area (Å²) in [5.41, 5.74) is 9.76. The highest BCUT2D eigenvalue weighted by Crippen LogP contribution is 2.33. The lowest BCUT2D eigenvalue weighted by Gasteiger charge is -2.29. The maximum atomic E-state index is 11.4. The van der Waals surface area contributed by atoms with E-state index in [-0.39, 0.29) is 11.4 Å². The lowest BCUT2D eigenvalue weighted by atomic mass is 9.96. The van der Waals surface area contributed by atoms with Gasteiger partial charge in [-0.05, 0) is 44.4 Å². The van der Waals surface area contributed by atoms with E-state index in [1.165, 1.54) is 0 Å². The van der Waals surface area contributed by atoms with Gasteiger partial charge in [0.25, 0.3) is 0 Å². The van der Waals surface area contributed by atoms with Gasteiger partial charge in [-0.25, -0.2) is 0 Å². The normalized spacial score (nSPS) is 14.8. The minimum absolute atomic E-state index is 0.00418. The molecule has 0 atom stereocenters. The lowest BCUT2D eigenvalue weighted by Crippen LogP contribution is -2.31. The Morgan fingerprint density at radius 3 is 2.79 bits per heavy atom. The number of carbonyl (C=O) groups is 1.